The molecule has 1 N–H and O–H groups in total. The van der Waals surface area contributed by atoms with Gasteiger partial charge in [0, 0.05) is 68.0 Å². The number of nitrogens with zero attached hydrogens (tertiary/aromatic N) is 4. The van der Waals surface area contributed by atoms with E-state index in [1.165, 1.54) is 18.4 Å². The fourth-order valence-corrected chi connectivity index (χ4v) is 5.25. The SMILES string of the molecule is Cc1ccc(-c2cccc(C(=O)NC3CCN(Cc4ccc(N5CCC(C)CC5)nc4)CC3)c2F)cn1. The van der Waals surface area contributed by atoms with Crippen LogP contribution in [0.15, 0.2) is 54.9 Å². The van der Waals surface area contributed by atoms with Gasteiger partial charge in [-0.1, -0.05) is 31.2 Å². The second-order valence-corrected chi connectivity index (χ2v) is 10.6. The summed E-state index contributed by atoms with van der Waals surface area (Å²) in [4.78, 5) is 26.7. The van der Waals surface area contributed by atoms with E-state index in [4.69, 9.17) is 4.98 Å². The number of anilines is 1. The van der Waals surface area contributed by atoms with Crippen LogP contribution < -0.4 is 10.2 Å². The number of halogens is 1. The molecule has 5 rings (SSSR count). The van der Waals surface area contributed by atoms with Crippen LogP contribution in [-0.4, -0.2) is 53.0 Å². The molecule has 0 atom stereocenters. The summed E-state index contributed by atoms with van der Waals surface area (Å²) in [5, 5.41) is 3.06. The lowest BCUT2D eigenvalue weighted by Crippen LogP contribution is -2.44. The van der Waals surface area contributed by atoms with Crippen LogP contribution in [0.5, 0.6) is 0 Å². The third kappa shape index (κ3) is 6.16. The minimum atomic E-state index is -0.502. The highest BCUT2D eigenvalue weighted by Crippen LogP contribution is 2.25. The van der Waals surface area contributed by atoms with Crippen molar-refractivity contribution in [3.05, 3.63) is 77.5 Å². The molecule has 2 saturated heterocycles. The maximum atomic E-state index is 15.2. The molecule has 4 heterocycles. The Morgan fingerprint density at radius 2 is 1.76 bits per heavy atom. The van der Waals surface area contributed by atoms with Crippen molar-refractivity contribution < 1.29 is 9.18 Å². The summed E-state index contributed by atoms with van der Waals surface area (Å²) >= 11 is 0. The summed E-state index contributed by atoms with van der Waals surface area (Å²) < 4.78 is 15.2. The predicted octanol–water partition coefficient (Wildman–Crippen LogP) is 5.22. The van der Waals surface area contributed by atoms with Crippen molar-refractivity contribution in [1.82, 2.24) is 20.2 Å². The van der Waals surface area contributed by atoms with Gasteiger partial charge in [-0.05, 0) is 62.3 Å². The summed E-state index contributed by atoms with van der Waals surface area (Å²) in [6.45, 7) is 9.00. The molecule has 0 unspecified atom stereocenters. The van der Waals surface area contributed by atoms with Crippen LogP contribution in [0.4, 0.5) is 10.2 Å². The molecule has 0 saturated carbocycles. The van der Waals surface area contributed by atoms with Crippen molar-refractivity contribution in [2.75, 3.05) is 31.1 Å². The lowest BCUT2D eigenvalue weighted by molar-refractivity contribution is 0.0905. The standard InChI is InChI=1S/C30H36FN5O/c1-21-10-16-36(17-11-21)28-9-7-23(18-33-28)20-35-14-12-25(13-15-35)34-30(37)27-5-3-4-26(29(27)31)24-8-6-22(2)32-19-24/h3-9,18-19,21,25H,10-17,20H2,1-2H3,(H,34,37). The number of pyridine rings is 2. The van der Waals surface area contributed by atoms with Crippen LogP contribution in [0.1, 0.15) is 54.2 Å². The normalized spacial score (nSPS) is 17.6. The number of nitrogens with one attached hydrogen (secondary N) is 1. The number of aromatic nitrogens is 2. The van der Waals surface area contributed by atoms with Crippen molar-refractivity contribution in [2.24, 2.45) is 5.92 Å². The fourth-order valence-electron chi connectivity index (χ4n) is 5.25. The van der Waals surface area contributed by atoms with E-state index in [0.717, 1.165) is 63.0 Å². The maximum absolute atomic E-state index is 15.2. The average Bonchev–Trinajstić information content (AvgIpc) is 2.91. The number of piperidine rings is 2. The van der Waals surface area contributed by atoms with Gasteiger partial charge >= 0.3 is 0 Å². The summed E-state index contributed by atoms with van der Waals surface area (Å²) in [5.74, 6) is 1.03. The molecule has 0 aliphatic carbocycles. The minimum absolute atomic E-state index is 0.0369. The van der Waals surface area contributed by atoms with Gasteiger partial charge in [0.1, 0.15) is 11.6 Å². The third-order valence-electron chi connectivity index (χ3n) is 7.71. The first-order valence-electron chi connectivity index (χ1n) is 13.4. The number of amides is 1. The van der Waals surface area contributed by atoms with Gasteiger partial charge in [0.15, 0.2) is 0 Å². The Bertz CT molecular complexity index is 1200. The monoisotopic (exact) mass is 501 g/mol. The van der Waals surface area contributed by atoms with Crippen LogP contribution in [0.3, 0.4) is 0 Å². The highest BCUT2D eigenvalue weighted by Gasteiger charge is 2.24. The molecule has 37 heavy (non-hydrogen) atoms. The van der Waals surface area contributed by atoms with Crippen LogP contribution in [0, 0.1) is 18.7 Å². The zero-order valence-electron chi connectivity index (χ0n) is 21.8. The van der Waals surface area contributed by atoms with Gasteiger partial charge in [0.05, 0.1) is 5.56 Å². The summed E-state index contributed by atoms with van der Waals surface area (Å²) in [6, 6.07) is 13.0. The zero-order valence-corrected chi connectivity index (χ0v) is 21.8. The summed E-state index contributed by atoms with van der Waals surface area (Å²) in [5.41, 5.74) is 3.21. The lowest BCUT2D eigenvalue weighted by Gasteiger charge is -2.33. The van der Waals surface area contributed by atoms with Gasteiger partial charge in [0.25, 0.3) is 5.91 Å². The van der Waals surface area contributed by atoms with Gasteiger partial charge in [-0.15, -0.1) is 0 Å². The molecule has 7 heteroatoms. The van der Waals surface area contributed by atoms with Crippen LogP contribution in [0.25, 0.3) is 11.1 Å². The second-order valence-electron chi connectivity index (χ2n) is 10.6. The Balaban J connectivity index is 1.13. The van der Waals surface area contributed by atoms with Crippen molar-refractivity contribution >= 4 is 11.7 Å². The maximum Gasteiger partial charge on any atom is 0.254 e. The smallest absolute Gasteiger partial charge is 0.254 e. The Labute approximate surface area is 218 Å². The van der Waals surface area contributed by atoms with E-state index >= 15 is 4.39 Å². The van der Waals surface area contributed by atoms with Gasteiger partial charge < -0.3 is 10.2 Å². The van der Waals surface area contributed by atoms with Gasteiger partial charge in [-0.2, -0.15) is 0 Å². The highest BCUT2D eigenvalue weighted by molar-refractivity contribution is 5.96. The van der Waals surface area contributed by atoms with E-state index in [2.05, 4.69) is 39.2 Å². The van der Waals surface area contributed by atoms with Gasteiger partial charge in [-0.3, -0.25) is 14.7 Å². The number of benzene rings is 1. The zero-order chi connectivity index (χ0) is 25.8. The molecular weight excluding hydrogens is 465 g/mol. The van der Waals surface area contributed by atoms with Crippen LogP contribution in [-0.2, 0) is 6.54 Å². The largest absolute Gasteiger partial charge is 0.357 e. The number of carbonyl (C=O) groups is 1. The van der Waals surface area contributed by atoms with Crippen molar-refractivity contribution in [1.29, 1.82) is 0 Å². The molecule has 1 amide bonds. The predicted molar refractivity (Wildman–Crippen MR) is 145 cm³/mol. The molecule has 2 fully saturated rings. The average molecular weight is 502 g/mol. The molecule has 3 aromatic rings. The van der Waals surface area contributed by atoms with E-state index in [0.29, 0.717) is 11.1 Å². The molecule has 194 valence electrons. The van der Waals surface area contributed by atoms with Crippen molar-refractivity contribution in [3.8, 4) is 11.1 Å². The second kappa shape index (κ2) is 11.4. The minimum Gasteiger partial charge on any atom is -0.357 e. The Hall–Kier alpha value is -3.32. The van der Waals surface area contributed by atoms with E-state index < -0.39 is 5.82 Å². The summed E-state index contributed by atoms with van der Waals surface area (Å²) in [6.07, 6.45) is 7.79. The molecular formula is C30H36FN5O. The molecule has 2 aliphatic rings. The number of carbonyl (C=O) groups excluding carboxylic acids is 1. The van der Waals surface area contributed by atoms with E-state index in [-0.39, 0.29) is 17.5 Å². The van der Waals surface area contributed by atoms with Crippen LogP contribution >= 0.6 is 0 Å². The number of rotatable bonds is 6. The lowest BCUT2D eigenvalue weighted by atomic mass is 9.99. The quantitative estimate of drug-likeness (QED) is 0.502. The van der Waals surface area contributed by atoms with E-state index in [1.807, 2.05) is 25.3 Å². The third-order valence-corrected chi connectivity index (χ3v) is 7.71. The first-order chi connectivity index (χ1) is 18.0. The molecule has 0 bridgehead atoms. The molecule has 0 spiro atoms. The fraction of sp³-hybridized carbons (Fsp3) is 0.433. The number of hydrogen-bond acceptors (Lipinski definition) is 5. The number of hydrogen-bond donors (Lipinski definition) is 1. The van der Waals surface area contributed by atoms with Crippen LogP contribution in [0.2, 0.25) is 0 Å². The molecule has 2 aliphatic heterocycles. The molecule has 6 nitrogen and oxygen atoms in total. The molecule has 2 aromatic heterocycles. The highest BCUT2D eigenvalue weighted by atomic mass is 19.1. The van der Waals surface area contributed by atoms with Crippen molar-refractivity contribution in [2.45, 2.75) is 52.1 Å². The first kappa shape index (κ1) is 25.3. The molecule has 1 aromatic carbocycles. The summed E-state index contributed by atoms with van der Waals surface area (Å²) in [7, 11) is 0. The Morgan fingerprint density at radius 3 is 2.43 bits per heavy atom. The first-order valence-corrected chi connectivity index (χ1v) is 13.4. The van der Waals surface area contributed by atoms with E-state index in [1.54, 1.807) is 24.4 Å². The van der Waals surface area contributed by atoms with Gasteiger partial charge in [0.2, 0.25) is 0 Å². The van der Waals surface area contributed by atoms with E-state index in [9.17, 15) is 4.79 Å². The topological polar surface area (TPSA) is 61.4 Å². The Kier molecular flexibility index (Phi) is 7.79. The molecule has 0 radical (unpaired) electrons. The Morgan fingerprint density at radius 1 is 0.973 bits per heavy atom. The number of likely N-dealkylation sites (tertiary alicyclic amines) is 1. The van der Waals surface area contributed by atoms with Crippen molar-refractivity contribution in [3.63, 3.8) is 0 Å². The number of aryl methyl sites for hydroxylation is 1. The van der Waals surface area contributed by atoms with Gasteiger partial charge in [-0.25, -0.2) is 9.37 Å².